The van der Waals surface area contributed by atoms with Gasteiger partial charge in [0.2, 0.25) is 10.0 Å². The van der Waals surface area contributed by atoms with Crippen molar-refractivity contribution in [3.05, 3.63) is 32.7 Å². The van der Waals surface area contributed by atoms with Crippen LogP contribution in [0.4, 0.5) is 0 Å². The summed E-state index contributed by atoms with van der Waals surface area (Å²) < 4.78 is 27.2. The van der Waals surface area contributed by atoms with Gasteiger partial charge >= 0.3 is 0 Å². The Morgan fingerprint density at radius 3 is 2.72 bits per heavy atom. The predicted octanol–water partition coefficient (Wildman–Crippen LogP) is 2.82. The summed E-state index contributed by atoms with van der Waals surface area (Å²) in [4.78, 5) is -0.00508. The second kappa shape index (κ2) is 5.18. The summed E-state index contributed by atoms with van der Waals surface area (Å²) in [6.07, 6.45) is 3.17. The zero-order valence-electron chi connectivity index (χ0n) is 9.15. The molecule has 0 saturated heterocycles. The maximum Gasteiger partial charge on any atom is 0.243 e. The summed E-state index contributed by atoms with van der Waals surface area (Å²) in [5.41, 5.74) is 0.732. The summed E-state index contributed by atoms with van der Waals surface area (Å²) in [7, 11) is -3.69. The maximum absolute atomic E-state index is 12.1. The van der Waals surface area contributed by atoms with Crippen molar-refractivity contribution in [2.24, 2.45) is 0 Å². The summed E-state index contributed by atoms with van der Waals surface area (Å²) in [5, 5.41) is 6.38. The molecule has 2 aromatic heterocycles. The van der Waals surface area contributed by atoms with E-state index in [1.165, 1.54) is 6.07 Å². The predicted molar refractivity (Wildman–Crippen MR) is 71.7 cm³/mol. The Hall–Kier alpha value is -0.600. The molecule has 5 nitrogen and oxygen atoms in total. The van der Waals surface area contributed by atoms with Crippen molar-refractivity contribution in [2.75, 3.05) is 0 Å². The highest BCUT2D eigenvalue weighted by atomic mass is 35.5. The van der Waals surface area contributed by atoms with Gasteiger partial charge in [0.05, 0.1) is 10.5 Å². The van der Waals surface area contributed by atoms with Gasteiger partial charge in [-0.15, -0.1) is 11.3 Å². The van der Waals surface area contributed by atoms with E-state index in [4.69, 9.17) is 23.2 Å². The molecule has 9 heteroatoms. The minimum Gasteiger partial charge on any atom is -0.285 e. The van der Waals surface area contributed by atoms with E-state index in [-0.39, 0.29) is 9.23 Å². The summed E-state index contributed by atoms with van der Waals surface area (Å²) >= 11 is 12.6. The molecule has 0 aliphatic carbocycles. The molecule has 0 aliphatic heterocycles. The molecule has 0 aromatic carbocycles. The fraction of sp³-hybridized carbons (Fsp3) is 0.222. The van der Waals surface area contributed by atoms with E-state index < -0.39 is 16.1 Å². The van der Waals surface area contributed by atoms with Crippen LogP contribution in [0.3, 0.4) is 0 Å². The van der Waals surface area contributed by atoms with Crippen LogP contribution in [0, 0.1) is 0 Å². The smallest absolute Gasteiger partial charge is 0.243 e. The van der Waals surface area contributed by atoms with E-state index in [1.54, 1.807) is 19.3 Å². The van der Waals surface area contributed by atoms with Crippen molar-refractivity contribution in [2.45, 2.75) is 17.9 Å². The summed E-state index contributed by atoms with van der Waals surface area (Å²) in [6, 6.07) is 0.919. The van der Waals surface area contributed by atoms with Gasteiger partial charge < -0.3 is 0 Å². The summed E-state index contributed by atoms with van der Waals surface area (Å²) in [6.45, 7) is 1.71. The van der Waals surface area contributed by atoms with Crippen LogP contribution in [0.2, 0.25) is 8.67 Å². The van der Waals surface area contributed by atoms with E-state index in [2.05, 4.69) is 14.9 Å². The van der Waals surface area contributed by atoms with E-state index >= 15 is 0 Å². The summed E-state index contributed by atoms with van der Waals surface area (Å²) in [5.74, 6) is 0. The Balaban J connectivity index is 2.25. The Labute approximate surface area is 118 Å². The molecule has 0 amide bonds. The largest absolute Gasteiger partial charge is 0.285 e. The molecule has 0 bridgehead atoms. The first-order chi connectivity index (χ1) is 8.40. The lowest BCUT2D eigenvalue weighted by atomic mass is 10.2. The molecule has 2 aromatic rings. The molecule has 1 atom stereocenters. The highest BCUT2D eigenvalue weighted by Crippen LogP contribution is 2.34. The second-order valence-corrected chi connectivity index (χ2v) is 7.53. The van der Waals surface area contributed by atoms with Gasteiger partial charge in [-0.05, 0) is 13.0 Å². The molecule has 0 saturated carbocycles. The first kappa shape index (κ1) is 13.8. The molecule has 1 unspecified atom stereocenters. The van der Waals surface area contributed by atoms with Crippen LogP contribution in [0.1, 0.15) is 18.5 Å². The number of aromatic amines is 1. The second-order valence-electron chi connectivity index (χ2n) is 3.56. The highest BCUT2D eigenvalue weighted by molar-refractivity contribution is 7.89. The van der Waals surface area contributed by atoms with Gasteiger partial charge in [-0.1, -0.05) is 23.2 Å². The monoisotopic (exact) mass is 325 g/mol. The zero-order valence-corrected chi connectivity index (χ0v) is 12.3. The quantitative estimate of drug-likeness (QED) is 0.907. The van der Waals surface area contributed by atoms with Crippen LogP contribution in [0.25, 0.3) is 0 Å². The number of sulfonamides is 1. The lowest BCUT2D eigenvalue weighted by molar-refractivity contribution is 0.567. The van der Waals surface area contributed by atoms with Crippen molar-refractivity contribution >= 4 is 44.6 Å². The Bertz CT molecular complexity index is 637. The Morgan fingerprint density at radius 2 is 2.22 bits per heavy atom. The normalized spacial score (nSPS) is 13.7. The molecular weight excluding hydrogens is 317 g/mol. The van der Waals surface area contributed by atoms with Crippen LogP contribution < -0.4 is 4.72 Å². The molecular formula is C9H9Cl2N3O2S2. The van der Waals surface area contributed by atoms with Gasteiger partial charge in [-0.25, -0.2) is 13.1 Å². The number of hydrogen-bond acceptors (Lipinski definition) is 4. The van der Waals surface area contributed by atoms with Gasteiger partial charge in [0.25, 0.3) is 0 Å². The van der Waals surface area contributed by atoms with E-state index in [0.29, 0.717) is 4.34 Å². The van der Waals surface area contributed by atoms with Gasteiger partial charge in [0, 0.05) is 17.8 Å². The van der Waals surface area contributed by atoms with E-state index in [1.807, 2.05) is 0 Å². The van der Waals surface area contributed by atoms with E-state index in [0.717, 1.165) is 16.9 Å². The molecule has 18 heavy (non-hydrogen) atoms. The third kappa shape index (κ3) is 2.86. The van der Waals surface area contributed by atoms with Crippen LogP contribution in [-0.4, -0.2) is 18.6 Å². The number of nitrogens with one attached hydrogen (secondary N) is 2. The molecule has 0 spiro atoms. The minimum atomic E-state index is -3.69. The fourth-order valence-electron chi connectivity index (χ4n) is 1.37. The number of aromatic nitrogens is 2. The molecule has 2 N–H and O–H groups in total. The number of rotatable bonds is 4. The van der Waals surface area contributed by atoms with Crippen LogP contribution in [-0.2, 0) is 10.0 Å². The molecule has 98 valence electrons. The minimum absolute atomic E-state index is 0.00508. The third-order valence-corrected chi connectivity index (χ3v) is 5.56. The first-order valence-electron chi connectivity index (χ1n) is 4.86. The van der Waals surface area contributed by atoms with Crippen LogP contribution >= 0.6 is 34.5 Å². The molecule has 0 radical (unpaired) electrons. The van der Waals surface area contributed by atoms with Crippen LogP contribution in [0.15, 0.2) is 23.4 Å². The lowest BCUT2D eigenvalue weighted by Gasteiger charge is -2.11. The average molecular weight is 326 g/mol. The number of nitrogens with zero attached hydrogens (tertiary/aromatic N) is 1. The number of halogens is 2. The molecule has 2 heterocycles. The van der Waals surface area contributed by atoms with Gasteiger partial charge in [0.15, 0.2) is 0 Å². The molecule has 0 fully saturated rings. The lowest BCUT2D eigenvalue weighted by Crippen LogP contribution is -2.26. The number of thiophene rings is 1. The number of hydrogen-bond donors (Lipinski definition) is 2. The topological polar surface area (TPSA) is 74.8 Å². The van der Waals surface area contributed by atoms with Crippen molar-refractivity contribution in [1.29, 1.82) is 0 Å². The molecule has 0 aliphatic rings. The maximum atomic E-state index is 12.1. The zero-order chi connectivity index (χ0) is 13.3. The Morgan fingerprint density at radius 1 is 1.50 bits per heavy atom. The third-order valence-electron chi connectivity index (χ3n) is 2.27. The van der Waals surface area contributed by atoms with Gasteiger partial charge in [-0.2, -0.15) is 5.10 Å². The first-order valence-corrected chi connectivity index (χ1v) is 7.91. The SMILES string of the molecule is CC(NS(=O)(=O)c1cc(Cl)sc1Cl)c1cn[nH]c1. The highest BCUT2D eigenvalue weighted by Gasteiger charge is 2.23. The van der Waals surface area contributed by atoms with Crippen molar-refractivity contribution < 1.29 is 8.42 Å². The number of H-pyrrole nitrogens is 1. The standard InChI is InChI=1S/C9H9Cl2N3O2S2/c1-5(6-3-12-13-4-6)14-18(15,16)7-2-8(10)17-9(7)11/h2-5,14H,1H3,(H,12,13). The average Bonchev–Trinajstić information content (AvgIpc) is 2.86. The fourth-order valence-corrected chi connectivity index (χ4v) is 4.75. The van der Waals surface area contributed by atoms with Crippen LogP contribution in [0.5, 0.6) is 0 Å². The van der Waals surface area contributed by atoms with Crippen molar-refractivity contribution in [3.8, 4) is 0 Å². The van der Waals surface area contributed by atoms with Crippen molar-refractivity contribution in [1.82, 2.24) is 14.9 Å². The van der Waals surface area contributed by atoms with Gasteiger partial charge in [0.1, 0.15) is 9.23 Å². The van der Waals surface area contributed by atoms with E-state index in [9.17, 15) is 8.42 Å². The Kier molecular flexibility index (Phi) is 3.98. The van der Waals surface area contributed by atoms with Gasteiger partial charge in [-0.3, -0.25) is 5.10 Å². The van der Waals surface area contributed by atoms with Crippen molar-refractivity contribution in [3.63, 3.8) is 0 Å². The molecule has 2 rings (SSSR count).